The minimum absolute atomic E-state index is 0.0668. The molecule has 6 nitrogen and oxygen atoms in total. The molecular weight excluding hydrogens is 418 g/mol. The Labute approximate surface area is 183 Å². The Morgan fingerprint density at radius 1 is 1.20 bits per heavy atom. The molecule has 1 aromatic heterocycles. The van der Waals surface area contributed by atoms with Gasteiger partial charge in [-0.1, -0.05) is 26.0 Å². The summed E-state index contributed by atoms with van der Waals surface area (Å²) in [4.78, 5) is 16.2. The molecular formula is C22H31N3O3S2. The van der Waals surface area contributed by atoms with Gasteiger partial charge in [0.1, 0.15) is 0 Å². The molecule has 1 aliphatic heterocycles. The highest BCUT2D eigenvalue weighted by molar-refractivity contribution is 7.89. The van der Waals surface area contributed by atoms with Crippen molar-refractivity contribution in [3.8, 4) is 0 Å². The van der Waals surface area contributed by atoms with Crippen LogP contribution >= 0.6 is 11.3 Å². The fraction of sp³-hybridized carbons (Fsp3) is 0.500. The van der Waals surface area contributed by atoms with E-state index >= 15 is 0 Å². The second kappa shape index (κ2) is 9.60. The van der Waals surface area contributed by atoms with Crippen LogP contribution in [-0.4, -0.2) is 57.3 Å². The zero-order valence-electron chi connectivity index (χ0n) is 18.0. The summed E-state index contributed by atoms with van der Waals surface area (Å²) < 4.78 is 27.9. The van der Waals surface area contributed by atoms with E-state index < -0.39 is 10.0 Å². The third kappa shape index (κ3) is 5.29. The van der Waals surface area contributed by atoms with Gasteiger partial charge in [0.15, 0.2) is 0 Å². The maximum absolute atomic E-state index is 13.2. The van der Waals surface area contributed by atoms with Crippen molar-refractivity contribution in [1.82, 2.24) is 14.5 Å². The maximum atomic E-state index is 13.2. The molecule has 1 fully saturated rings. The topological polar surface area (TPSA) is 69.7 Å². The molecule has 1 amide bonds. The summed E-state index contributed by atoms with van der Waals surface area (Å²) in [5.41, 5.74) is 0.359. The zero-order valence-corrected chi connectivity index (χ0v) is 19.7. The van der Waals surface area contributed by atoms with Crippen LogP contribution < -0.4 is 5.32 Å². The van der Waals surface area contributed by atoms with E-state index in [0.717, 1.165) is 6.42 Å². The van der Waals surface area contributed by atoms with Crippen molar-refractivity contribution in [2.45, 2.75) is 31.2 Å². The molecule has 30 heavy (non-hydrogen) atoms. The Hall–Kier alpha value is -1.74. The van der Waals surface area contributed by atoms with Gasteiger partial charge in [-0.25, -0.2) is 8.42 Å². The van der Waals surface area contributed by atoms with Gasteiger partial charge in [-0.3, -0.25) is 4.79 Å². The van der Waals surface area contributed by atoms with E-state index in [-0.39, 0.29) is 16.8 Å². The van der Waals surface area contributed by atoms with E-state index in [1.54, 1.807) is 33.8 Å². The maximum Gasteiger partial charge on any atom is 0.251 e. The van der Waals surface area contributed by atoms with Crippen LogP contribution in [0.2, 0.25) is 0 Å². The molecule has 3 rings (SSSR count). The molecule has 1 aliphatic rings. The van der Waals surface area contributed by atoms with Crippen molar-refractivity contribution < 1.29 is 13.2 Å². The van der Waals surface area contributed by atoms with E-state index in [0.29, 0.717) is 37.0 Å². The van der Waals surface area contributed by atoms with Gasteiger partial charge in [0.2, 0.25) is 10.0 Å². The van der Waals surface area contributed by atoms with Crippen LogP contribution in [0.4, 0.5) is 0 Å². The van der Waals surface area contributed by atoms with Gasteiger partial charge in [-0.2, -0.15) is 4.31 Å². The van der Waals surface area contributed by atoms with Crippen LogP contribution in [0.3, 0.4) is 0 Å². The molecule has 3 unspecified atom stereocenters. The molecule has 0 aliphatic carbocycles. The molecule has 1 N–H and O–H groups in total. The van der Waals surface area contributed by atoms with Gasteiger partial charge in [-0.05, 0) is 62.0 Å². The van der Waals surface area contributed by atoms with Crippen molar-refractivity contribution in [3.05, 3.63) is 52.2 Å². The lowest BCUT2D eigenvalue weighted by Gasteiger charge is -2.34. The number of sulfonamides is 1. The molecule has 1 saturated heterocycles. The SMILES string of the molecule is CC1CC(C)CN(S(=O)(=O)c2cccc(C(=O)NCC(c3cccs3)N(C)C)c2)C1. The molecule has 2 heterocycles. The molecule has 164 valence electrons. The summed E-state index contributed by atoms with van der Waals surface area (Å²) in [5.74, 6) is 0.390. The van der Waals surface area contributed by atoms with Crippen LogP contribution in [0.5, 0.6) is 0 Å². The second-order valence-electron chi connectivity index (χ2n) is 8.50. The average molecular weight is 450 g/mol. The Morgan fingerprint density at radius 2 is 1.90 bits per heavy atom. The summed E-state index contributed by atoms with van der Waals surface area (Å²) in [5, 5.41) is 4.98. The Balaban J connectivity index is 1.73. The number of rotatable bonds is 7. The Morgan fingerprint density at radius 3 is 2.50 bits per heavy atom. The number of carbonyl (C=O) groups is 1. The lowest BCUT2D eigenvalue weighted by atomic mass is 9.94. The van der Waals surface area contributed by atoms with Gasteiger partial charge >= 0.3 is 0 Å². The number of likely N-dealkylation sites (N-methyl/N-ethyl adjacent to an activating group) is 1. The van der Waals surface area contributed by atoms with Gasteiger partial charge in [-0.15, -0.1) is 11.3 Å². The number of nitrogens with zero attached hydrogens (tertiary/aromatic N) is 2. The van der Waals surface area contributed by atoms with E-state index in [2.05, 4.69) is 30.1 Å². The van der Waals surface area contributed by atoms with Crippen molar-refractivity contribution in [2.24, 2.45) is 11.8 Å². The van der Waals surface area contributed by atoms with Gasteiger partial charge in [0.25, 0.3) is 5.91 Å². The third-order valence-electron chi connectivity index (χ3n) is 5.52. The Bertz CT molecular complexity index is 948. The summed E-state index contributed by atoms with van der Waals surface area (Å²) in [6.45, 7) is 5.65. The first-order valence-electron chi connectivity index (χ1n) is 10.3. The minimum Gasteiger partial charge on any atom is -0.350 e. The van der Waals surface area contributed by atoms with Crippen LogP contribution in [0.25, 0.3) is 0 Å². The van der Waals surface area contributed by atoms with Gasteiger partial charge < -0.3 is 10.2 Å². The number of carbonyl (C=O) groups excluding carboxylic acids is 1. The number of piperidine rings is 1. The highest BCUT2D eigenvalue weighted by atomic mass is 32.2. The van der Waals surface area contributed by atoms with E-state index in [1.165, 1.54) is 10.9 Å². The molecule has 0 saturated carbocycles. The zero-order chi connectivity index (χ0) is 21.9. The molecule has 0 spiro atoms. The van der Waals surface area contributed by atoms with Crippen LogP contribution in [0.15, 0.2) is 46.7 Å². The monoisotopic (exact) mass is 449 g/mol. The highest BCUT2D eigenvalue weighted by Crippen LogP contribution is 2.27. The molecule has 0 radical (unpaired) electrons. The number of hydrogen-bond donors (Lipinski definition) is 1. The number of thiophene rings is 1. The first kappa shape index (κ1) is 22.9. The fourth-order valence-electron chi connectivity index (χ4n) is 4.06. The van der Waals surface area contributed by atoms with Gasteiger partial charge in [0, 0.05) is 30.1 Å². The third-order valence-corrected chi connectivity index (χ3v) is 8.32. The van der Waals surface area contributed by atoms with E-state index in [4.69, 9.17) is 0 Å². The van der Waals surface area contributed by atoms with Crippen molar-refractivity contribution in [1.29, 1.82) is 0 Å². The minimum atomic E-state index is -3.62. The number of nitrogens with one attached hydrogen (secondary N) is 1. The van der Waals surface area contributed by atoms with Crippen LogP contribution in [-0.2, 0) is 10.0 Å². The van der Waals surface area contributed by atoms with Crippen molar-refractivity contribution in [2.75, 3.05) is 33.7 Å². The molecule has 0 bridgehead atoms. The largest absolute Gasteiger partial charge is 0.350 e. The average Bonchev–Trinajstić information content (AvgIpc) is 3.21. The number of hydrogen-bond acceptors (Lipinski definition) is 5. The standard InChI is InChI=1S/C22H31N3O3S2/c1-16-11-17(2)15-25(14-16)30(27,28)19-8-5-7-18(12-19)22(26)23-13-20(24(3)4)21-9-6-10-29-21/h5-10,12,16-17,20H,11,13-15H2,1-4H3,(H,23,26). The predicted molar refractivity (Wildman–Crippen MR) is 121 cm³/mol. The molecule has 2 aromatic rings. The summed E-state index contributed by atoms with van der Waals surface area (Å²) in [7, 11) is 0.336. The highest BCUT2D eigenvalue weighted by Gasteiger charge is 2.32. The van der Waals surface area contributed by atoms with E-state index in [1.807, 2.05) is 25.5 Å². The fourth-order valence-corrected chi connectivity index (χ4v) is 6.71. The molecule has 3 atom stereocenters. The first-order valence-corrected chi connectivity index (χ1v) is 12.6. The molecule has 8 heteroatoms. The lowest BCUT2D eigenvalue weighted by molar-refractivity contribution is 0.0942. The Kier molecular flexibility index (Phi) is 7.34. The lowest BCUT2D eigenvalue weighted by Crippen LogP contribution is -2.42. The predicted octanol–water partition coefficient (Wildman–Crippen LogP) is 3.45. The normalized spacial score (nSPS) is 21.5. The quantitative estimate of drug-likeness (QED) is 0.703. The summed E-state index contributed by atoms with van der Waals surface area (Å²) in [6, 6.07) is 10.5. The van der Waals surface area contributed by atoms with Crippen molar-refractivity contribution >= 4 is 27.3 Å². The number of amides is 1. The summed E-state index contributed by atoms with van der Waals surface area (Å²) in [6.07, 6.45) is 1.03. The van der Waals surface area contributed by atoms with E-state index in [9.17, 15) is 13.2 Å². The van der Waals surface area contributed by atoms with Crippen LogP contribution in [0.1, 0.15) is 41.5 Å². The first-order chi connectivity index (χ1) is 14.2. The smallest absolute Gasteiger partial charge is 0.251 e. The summed E-state index contributed by atoms with van der Waals surface area (Å²) >= 11 is 1.65. The van der Waals surface area contributed by atoms with Crippen LogP contribution in [0, 0.1) is 11.8 Å². The van der Waals surface area contributed by atoms with Gasteiger partial charge in [0.05, 0.1) is 10.9 Å². The molecule has 1 aromatic carbocycles. The second-order valence-corrected chi connectivity index (χ2v) is 11.4. The van der Waals surface area contributed by atoms with Crippen molar-refractivity contribution in [3.63, 3.8) is 0 Å². The number of benzene rings is 1.